The van der Waals surface area contributed by atoms with Crippen LogP contribution in [0.15, 0.2) is 54.6 Å². The summed E-state index contributed by atoms with van der Waals surface area (Å²) in [6.45, 7) is 4.52. The van der Waals surface area contributed by atoms with Crippen LogP contribution in [0.25, 0.3) is 0 Å². The van der Waals surface area contributed by atoms with E-state index in [0.717, 1.165) is 30.3 Å². The molecule has 2 aromatic carbocycles. The van der Waals surface area contributed by atoms with Crippen molar-refractivity contribution < 1.29 is 4.79 Å². The van der Waals surface area contributed by atoms with E-state index < -0.39 is 6.04 Å². The molecule has 3 rings (SSSR count). The van der Waals surface area contributed by atoms with Gasteiger partial charge in [-0.05, 0) is 48.6 Å². The molecule has 24 heavy (non-hydrogen) atoms. The largest absolute Gasteiger partial charge is 0.372 e. The zero-order chi connectivity index (χ0) is 16.9. The molecule has 4 nitrogen and oxygen atoms in total. The van der Waals surface area contributed by atoms with E-state index in [1.807, 2.05) is 42.5 Å². The number of hydrogen-bond acceptors (Lipinski definition) is 3. The van der Waals surface area contributed by atoms with Crippen molar-refractivity contribution in [2.75, 3.05) is 23.3 Å². The predicted octanol–water partition coefficient (Wildman–Crippen LogP) is 3.56. The molecule has 1 atom stereocenters. The van der Waals surface area contributed by atoms with E-state index in [1.54, 1.807) is 0 Å². The van der Waals surface area contributed by atoms with Gasteiger partial charge in [-0.3, -0.25) is 4.79 Å². The number of amides is 1. The Bertz CT molecular complexity index is 661. The van der Waals surface area contributed by atoms with Gasteiger partial charge in [0.05, 0.1) is 0 Å². The van der Waals surface area contributed by atoms with Gasteiger partial charge in [0.2, 0.25) is 5.91 Å². The number of nitrogens with two attached hydrogens (primary N) is 1. The number of benzene rings is 2. The van der Waals surface area contributed by atoms with E-state index in [-0.39, 0.29) is 5.91 Å². The molecule has 1 amide bonds. The molecule has 1 saturated heterocycles. The van der Waals surface area contributed by atoms with Gasteiger partial charge in [0.15, 0.2) is 0 Å². The van der Waals surface area contributed by atoms with Crippen molar-refractivity contribution in [1.82, 2.24) is 0 Å². The summed E-state index contributed by atoms with van der Waals surface area (Å²) in [7, 11) is 0. The van der Waals surface area contributed by atoms with Crippen LogP contribution in [0.4, 0.5) is 11.4 Å². The molecule has 0 radical (unpaired) electrons. The second-order valence-electron chi connectivity index (χ2n) is 6.59. The van der Waals surface area contributed by atoms with E-state index in [2.05, 4.69) is 29.3 Å². The monoisotopic (exact) mass is 323 g/mol. The second kappa shape index (κ2) is 7.49. The Hall–Kier alpha value is -2.33. The molecule has 1 heterocycles. The van der Waals surface area contributed by atoms with Crippen molar-refractivity contribution in [3.63, 3.8) is 0 Å². The first-order chi connectivity index (χ1) is 11.6. The Balaban J connectivity index is 1.61. The number of nitrogens with zero attached hydrogens (tertiary/aromatic N) is 1. The van der Waals surface area contributed by atoms with Crippen LogP contribution in [0, 0.1) is 5.92 Å². The predicted molar refractivity (Wildman–Crippen MR) is 99.1 cm³/mol. The van der Waals surface area contributed by atoms with Gasteiger partial charge in [-0.1, -0.05) is 37.3 Å². The third-order valence-electron chi connectivity index (χ3n) is 4.72. The van der Waals surface area contributed by atoms with Crippen LogP contribution >= 0.6 is 0 Å². The van der Waals surface area contributed by atoms with Gasteiger partial charge >= 0.3 is 0 Å². The Morgan fingerprint density at radius 1 is 1.08 bits per heavy atom. The van der Waals surface area contributed by atoms with Gasteiger partial charge < -0.3 is 16.0 Å². The molecule has 0 aliphatic carbocycles. The minimum Gasteiger partial charge on any atom is -0.372 e. The first kappa shape index (κ1) is 16.5. The van der Waals surface area contributed by atoms with Crippen molar-refractivity contribution in [3.05, 3.63) is 60.2 Å². The molecule has 0 aromatic heterocycles. The Labute approximate surface area is 143 Å². The number of rotatable bonds is 4. The Morgan fingerprint density at radius 2 is 1.71 bits per heavy atom. The lowest BCUT2D eigenvalue weighted by Crippen LogP contribution is -2.32. The maximum absolute atomic E-state index is 12.3. The molecule has 2 aromatic rings. The Morgan fingerprint density at radius 3 is 2.33 bits per heavy atom. The zero-order valence-corrected chi connectivity index (χ0v) is 14.1. The molecule has 126 valence electrons. The van der Waals surface area contributed by atoms with E-state index in [0.29, 0.717) is 0 Å². The summed E-state index contributed by atoms with van der Waals surface area (Å²) in [4.78, 5) is 14.7. The standard InChI is InChI=1S/C20H25N3O/c1-15-11-13-23(14-12-15)18-9-7-17(8-10-18)22-20(24)19(21)16-5-3-2-4-6-16/h2-10,15,19H,11-14,21H2,1H3,(H,22,24)/t19-/m0/s1. The van der Waals surface area contributed by atoms with Gasteiger partial charge in [0.25, 0.3) is 0 Å². The van der Waals surface area contributed by atoms with Crippen LogP contribution in [-0.4, -0.2) is 19.0 Å². The molecule has 0 unspecified atom stereocenters. The maximum Gasteiger partial charge on any atom is 0.245 e. The maximum atomic E-state index is 12.3. The topological polar surface area (TPSA) is 58.4 Å². The van der Waals surface area contributed by atoms with Gasteiger partial charge in [-0.15, -0.1) is 0 Å². The molecule has 3 N–H and O–H groups in total. The van der Waals surface area contributed by atoms with Crippen molar-refractivity contribution in [3.8, 4) is 0 Å². The molecular formula is C20H25N3O. The molecule has 1 aliphatic heterocycles. The highest BCUT2D eigenvalue weighted by Crippen LogP contribution is 2.24. The lowest BCUT2D eigenvalue weighted by Gasteiger charge is -2.32. The number of hydrogen-bond donors (Lipinski definition) is 2. The highest BCUT2D eigenvalue weighted by Gasteiger charge is 2.17. The van der Waals surface area contributed by atoms with Gasteiger partial charge in [-0.2, -0.15) is 0 Å². The molecule has 1 fully saturated rings. The van der Waals surface area contributed by atoms with E-state index in [9.17, 15) is 4.79 Å². The van der Waals surface area contributed by atoms with Crippen LogP contribution in [0.2, 0.25) is 0 Å². The fourth-order valence-electron chi connectivity index (χ4n) is 3.05. The first-order valence-corrected chi connectivity index (χ1v) is 8.60. The molecule has 1 aliphatic rings. The summed E-state index contributed by atoms with van der Waals surface area (Å²) >= 11 is 0. The minimum atomic E-state index is -0.658. The average molecular weight is 323 g/mol. The fourth-order valence-corrected chi connectivity index (χ4v) is 3.05. The molecule has 4 heteroatoms. The summed E-state index contributed by atoms with van der Waals surface area (Å²) in [6.07, 6.45) is 2.48. The fraction of sp³-hybridized carbons (Fsp3) is 0.350. The molecule has 0 spiro atoms. The van der Waals surface area contributed by atoms with E-state index >= 15 is 0 Å². The minimum absolute atomic E-state index is 0.194. The van der Waals surface area contributed by atoms with Crippen molar-refractivity contribution in [1.29, 1.82) is 0 Å². The summed E-state index contributed by atoms with van der Waals surface area (Å²) in [5.41, 5.74) is 8.83. The van der Waals surface area contributed by atoms with Crippen molar-refractivity contribution >= 4 is 17.3 Å². The molecular weight excluding hydrogens is 298 g/mol. The number of nitrogens with one attached hydrogen (secondary N) is 1. The quantitative estimate of drug-likeness (QED) is 0.904. The van der Waals surface area contributed by atoms with E-state index in [4.69, 9.17) is 5.73 Å². The van der Waals surface area contributed by atoms with Crippen molar-refractivity contribution in [2.45, 2.75) is 25.8 Å². The lowest BCUT2D eigenvalue weighted by molar-refractivity contribution is -0.117. The molecule has 0 bridgehead atoms. The average Bonchev–Trinajstić information content (AvgIpc) is 2.63. The molecule has 0 saturated carbocycles. The number of carbonyl (C=O) groups excluding carboxylic acids is 1. The van der Waals surface area contributed by atoms with Crippen LogP contribution in [-0.2, 0) is 4.79 Å². The summed E-state index contributed by atoms with van der Waals surface area (Å²) in [5, 5.41) is 2.89. The van der Waals surface area contributed by atoms with Crippen LogP contribution in [0.3, 0.4) is 0 Å². The Kier molecular flexibility index (Phi) is 5.16. The van der Waals surface area contributed by atoms with Crippen molar-refractivity contribution in [2.24, 2.45) is 11.7 Å². The summed E-state index contributed by atoms with van der Waals surface area (Å²) < 4.78 is 0. The number of anilines is 2. The SMILES string of the molecule is CC1CCN(c2ccc(NC(=O)[C@@H](N)c3ccccc3)cc2)CC1. The summed E-state index contributed by atoms with van der Waals surface area (Å²) in [5.74, 6) is 0.625. The van der Waals surface area contributed by atoms with Gasteiger partial charge in [0.1, 0.15) is 6.04 Å². The highest BCUT2D eigenvalue weighted by molar-refractivity contribution is 5.95. The first-order valence-electron chi connectivity index (χ1n) is 8.60. The third-order valence-corrected chi connectivity index (χ3v) is 4.72. The lowest BCUT2D eigenvalue weighted by atomic mass is 9.99. The zero-order valence-electron chi connectivity index (χ0n) is 14.1. The normalized spacial score (nSPS) is 16.7. The van der Waals surface area contributed by atoms with Gasteiger partial charge in [-0.25, -0.2) is 0 Å². The smallest absolute Gasteiger partial charge is 0.245 e. The number of carbonyl (C=O) groups is 1. The second-order valence-corrected chi connectivity index (χ2v) is 6.59. The third kappa shape index (κ3) is 3.95. The van der Waals surface area contributed by atoms with Crippen LogP contribution in [0.1, 0.15) is 31.4 Å². The van der Waals surface area contributed by atoms with E-state index in [1.165, 1.54) is 18.5 Å². The van der Waals surface area contributed by atoms with Gasteiger partial charge in [0, 0.05) is 24.5 Å². The van der Waals surface area contributed by atoms with Crippen LogP contribution in [0.5, 0.6) is 0 Å². The van der Waals surface area contributed by atoms with Crippen LogP contribution < -0.4 is 16.0 Å². The summed E-state index contributed by atoms with van der Waals surface area (Å²) in [6, 6.07) is 16.8. The number of piperidine rings is 1. The highest BCUT2D eigenvalue weighted by atomic mass is 16.2.